The van der Waals surface area contributed by atoms with Gasteiger partial charge >= 0.3 is 0 Å². The average Bonchev–Trinajstić information content (AvgIpc) is 3.81. The summed E-state index contributed by atoms with van der Waals surface area (Å²) in [6, 6.07) is 85.6. The predicted molar refractivity (Wildman–Crippen MR) is 262 cm³/mol. The maximum atomic E-state index is 2.59. The zero-order valence-electron chi connectivity index (χ0n) is 33.7. The third-order valence-corrected chi connectivity index (χ3v) is 20.4. The van der Waals surface area contributed by atoms with E-state index in [1.165, 1.54) is 114 Å². The lowest BCUT2D eigenvalue weighted by Gasteiger charge is -2.49. The van der Waals surface area contributed by atoms with E-state index in [2.05, 4.69) is 229 Å². The first-order chi connectivity index (χ1) is 30.7. The molecular weight excluding hydrogens is 783 g/mol. The van der Waals surface area contributed by atoms with Crippen molar-refractivity contribution in [1.82, 2.24) is 0 Å². The lowest BCUT2D eigenvalue weighted by molar-refractivity contribution is 0.692. The van der Waals surface area contributed by atoms with Crippen LogP contribution in [0, 0.1) is 0 Å². The fraction of sp³-hybridized carbons (Fsp3) is 0.0169. The summed E-state index contributed by atoms with van der Waals surface area (Å²) in [4.78, 5) is 5.20. The number of nitrogens with zero attached hydrogens (tertiary/aromatic N) is 1. The third kappa shape index (κ3) is 4.34. The number of hydrogen-bond donors (Lipinski definition) is 0. The Morgan fingerprint density at radius 3 is 1.52 bits per heavy atom. The van der Waals surface area contributed by atoms with Crippen molar-refractivity contribution in [3.05, 3.63) is 247 Å². The molecule has 288 valence electrons. The maximum Gasteiger partial charge on any atom is 0.182 e. The van der Waals surface area contributed by atoms with Crippen LogP contribution in [0.25, 0.3) is 44.2 Å². The van der Waals surface area contributed by atoms with Gasteiger partial charge in [0.05, 0.1) is 16.8 Å². The SMILES string of the molecule is c1ccc2c(c1)Sc1ccccc1C21c2ccccc2N(c2ccc3c(c2)[Si]2(c4ccccc4-c4ccccc42)c2ccccc2-3)c2ccc(-c3ccc4ccccc4c3)cc21. The van der Waals surface area contributed by atoms with Gasteiger partial charge in [0, 0.05) is 15.5 Å². The smallest absolute Gasteiger partial charge is 0.182 e. The van der Waals surface area contributed by atoms with Gasteiger partial charge in [-0.15, -0.1) is 0 Å². The van der Waals surface area contributed by atoms with Gasteiger partial charge in [0.1, 0.15) is 0 Å². The molecule has 10 aromatic rings. The molecule has 0 saturated heterocycles. The van der Waals surface area contributed by atoms with Crippen LogP contribution in [0.4, 0.5) is 17.1 Å². The molecule has 1 nitrogen and oxygen atoms in total. The van der Waals surface area contributed by atoms with Crippen LogP contribution in [0.15, 0.2) is 234 Å². The van der Waals surface area contributed by atoms with Crippen LogP contribution >= 0.6 is 11.8 Å². The molecule has 0 fully saturated rings. The first-order valence-corrected chi connectivity index (χ1v) is 24.4. The highest BCUT2D eigenvalue weighted by Gasteiger charge is 2.55. The quantitative estimate of drug-likeness (QED) is 0.160. The number of rotatable bonds is 2. The second-order valence-corrected chi connectivity index (χ2v) is 21.8. The Bertz CT molecular complexity index is 3440. The molecule has 10 aromatic carbocycles. The summed E-state index contributed by atoms with van der Waals surface area (Å²) in [5.74, 6) is 0. The van der Waals surface area contributed by atoms with Gasteiger partial charge in [-0.2, -0.15) is 0 Å². The van der Waals surface area contributed by atoms with Crippen molar-refractivity contribution in [2.75, 3.05) is 4.90 Å². The summed E-state index contributed by atoms with van der Waals surface area (Å²) in [7, 11) is -2.67. The standard InChI is InChI=1S/C59H37NSSi/c1-2-16-39-35-40(30-29-38(39)15-1)41-31-34-52-50(36-41)59(48-21-7-10-24-53(48)61-54-25-11-8-22-49(54)59)47-20-6-9-23-51(47)60(52)42-32-33-46-45-19-5-14-28-57(45)62(58(46)37-42)55-26-12-3-17-43(55)44-18-4-13-27-56(44)62/h1-37H. The fourth-order valence-corrected chi connectivity index (χ4v) is 18.7. The van der Waals surface area contributed by atoms with Crippen molar-refractivity contribution in [3.63, 3.8) is 0 Å². The lowest BCUT2D eigenvalue weighted by atomic mass is 9.62. The largest absolute Gasteiger partial charge is 0.310 e. The molecule has 62 heavy (non-hydrogen) atoms. The van der Waals surface area contributed by atoms with Crippen molar-refractivity contribution in [1.29, 1.82) is 0 Å². The molecule has 0 aliphatic carbocycles. The molecule has 0 amide bonds. The predicted octanol–water partition coefficient (Wildman–Crippen LogP) is 12.5. The van der Waals surface area contributed by atoms with E-state index in [-0.39, 0.29) is 0 Å². The van der Waals surface area contributed by atoms with E-state index in [4.69, 9.17) is 0 Å². The third-order valence-electron chi connectivity index (χ3n) is 14.3. The zero-order chi connectivity index (χ0) is 40.6. The molecule has 0 aromatic heterocycles. The Labute approximate surface area is 366 Å². The van der Waals surface area contributed by atoms with Gasteiger partial charge in [0.25, 0.3) is 0 Å². The number of benzene rings is 10. The van der Waals surface area contributed by atoms with E-state index in [0.29, 0.717) is 0 Å². The summed E-state index contributed by atoms with van der Waals surface area (Å²) < 4.78 is 0. The van der Waals surface area contributed by atoms with Gasteiger partial charge in [-0.05, 0) is 136 Å². The number of fused-ring (bicyclic) bond motifs is 19. The minimum atomic E-state index is -2.67. The molecule has 0 atom stereocenters. The molecule has 3 heteroatoms. The summed E-state index contributed by atoms with van der Waals surface area (Å²) in [6.07, 6.45) is 0. The maximum absolute atomic E-state index is 2.67. The monoisotopic (exact) mass is 819 g/mol. The summed E-state index contributed by atoms with van der Waals surface area (Å²) >= 11 is 1.90. The molecule has 14 rings (SSSR count). The van der Waals surface area contributed by atoms with Crippen LogP contribution in [0.1, 0.15) is 22.3 Å². The Hall–Kier alpha value is -7.17. The molecule has 0 radical (unpaired) electrons. The van der Waals surface area contributed by atoms with Crippen molar-refractivity contribution in [2.45, 2.75) is 15.2 Å². The highest BCUT2D eigenvalue weighted by Crippen LogP contribution is 2.63. The van der Waals surface area contributed by atoms with E-state index in [1.54, 1.807) is 0 Å². The van der Waals surface area contributed by atoms with Crippen LogP contribution in [-0.4, -0.2) is 8.07 Å². The van der Waals surface area contributed by atoms with Gasteiger partial charge in [-0.25, -0.2) is 0 Å². The van der Waals surface area contributed by atoms with Crippen LogP contribution in [0.2, 0.25) is 0 Å². The van der Waals surface area contributed by atoms with Crippen LogP contribution in [-0.2, 0) is 5.41 Å². The highest BCUT2D eigenvalue weighted by molar-refractivity contribution is 7.99. The van der Waals surface area contributed by atoms with E-state index in [0.717, 1.165) is 0 Å². The average molecular weight is 820 g/mol. The van der Waals surface area contributed by atoms with Gasteiger partial charge in [0.15, 0.2) is 8.07 Å². The molecular formula is C59H37NSSi. The van der Waals surface area contributed by atoms with Gasteiger partial charge < -0.3 is 4.90 Å². The van der Waals surface area contributed by atoms with Crippen molar-refractivity contribution in [2.24, 2.45) is 0 Å². The van der Waals surface area contributed by atoms with Gasteiger partial charge in [-0.3, -0.25) is 0 Å². The molecule has 2 spiro atoms. The first kappa shape index (κ1) is 34.5. The van der Waals surface area contributed by atoms with Crippen molar-refractivity contribution >= 4 is 68.4 Å². The van der Waals surface area contributed by atoms with Crippen LogP contribution in [0.3, 0.4) is 0 Å². The van der Waals surface area contributed by atoms with Gasteiger partial charge in [0.2, 0.25) is 0 Å². The second-order valence-electron chi connectivity index (χ2n) is 17.1. The molecule has 4 aliphatic heterocycles. The number of hydrogen-bond acceptors (Lipinski definition) is 2. The van der Waals surface area contributed by atoms with Crippen LogP contribution in [0.5, 0.6) is 0 Å². The molecule has 4 heterocycles. The Morgan fingerprint density at radius 1 is 0.339 bits per heavy atom. The molecule has 0 bridgehead atoms. The topological polar surface area (TPSA) is 3.24 Å². The first-order valence-electron chi connectivity index (χ1n) is 21.6. The summed E-state index contributed by atoms with van der Waals surface area (Å²) in [6.45, 7) is 0. The van der Waals surface area contributed by atoms with E-state index in [1.807, 2.05) is 11.8 Å². The fourth-order valence-electron chi connectivity index (χ4n) is 11.9. The lowest BCUT2D eigenvalue weighted by Crippen LogP contribution is -2.70. The minimum absolute atomic E-state index is 0.556. The normalized spacial score (nSPS) is 14.9. The molecule has 0 unspecified atom stereocenters. The van der Waals surface area contributed by atoms with Crippen molar-refractivity contribution < 1.29 is 0 Å². The Morgan fingerprint density at radius 2 is 0.839 bits per heavy atom. The van der Waals surface area contributed by atoms with Crippen LogP contribution < -0.4 is 25.6 Å². The number of para-hydroxylation sites is 1. The Balaban J connectivity index is 1.08. The van der Waals surface area contributed by atoms with E-state index >= 15 is 0 Å². The highest BCUT2D eigenvalue weighted by atomic mass is 32.2. The number of anilines is 3. The summed E-state index contributed by atoms with van der Waals surface area (Å²) in [5.41, 5.74) is 16.3. The summed E-state index contributed by atoms with van der Waals surface area (Å²) in [5, 5.41) is 8.47. The molecule has 4 aliphatic rings. The van der Waals surface area contributed by atoms with E-state index < -0.39 is 13.5 Å². The van der Waals surface area contributed by atoms with Gasteiger partial charge in [-0.1, -0.05) is 188 Å². The van der Waals surface area contributed by atoms with E-state index in [9.17, 15) is 0 Å². The Kier molecular flexibility index (Phi) is 7.06. The minimum Gasteiger partial charge on any atom is -0.310 e. The molecule has 0 saturated carbocycles. The van der Waals surface area contributed by atoms with Crippen molar-refractivity contribution in [3.8, 4) is 33.4 Å². The zero-order valence-corrected chi connectivity index (χ0v) is 35.5. The molecule has 0 N–H and O–H groups in total. The second kappa shape index (κ2) is 12.7.